The van der Waals surface area contributed by atoms with Crippen molar-refractivity contribution in [1.29, 1.82) is 0 Å². The highest BCUT2D eigenvalue weighted by Gasteiger charge is 2.15. The normalized spacial score (nSPS) is 10.8. The number of nitrogens with zero attached hydrogens (tertiary/aromatic N) is 3. The Morgan fingerprint density at radius 1 is 1.55 bits per heavy atom. The minimum absolute atomic E-state index is 0.164. The lowest BCUT2D eigenvalue weighted by Gasteiger charge is -2.23. The second kappa shape index (κ2) is 4.99. The van der Waals surface area contributed by atoms with E-state index in [9.17, 15) is 0 Å². The van der Waals surface area contributed by atoms with Gasteiger partial charge in [-0.15, -0.1) is 0 Å². The molecule has 0 saturated heterocycles. The van der Waals surface area contributed by atoms with Gasteiger partial charge in [0.2, 0.25) is 0 Å². The van der Waals surface area contributed by atoms with Gasteiger partial charge in [-0.05, 0) is 32.7 Å². The molecule has 0 rings (SSSR count). The van der Waals surface area contributed by atoms with Crippen LogP contribution in [0.15, 0.2) is 5.11 Å². The van der Waals surface area contributed by atoms with Gasteiger partial charge in [-0.3, -0.25) is 0 Å². The number of ether oxygens (including phenoxy) is 1. The molecule has 0 aliphatic rings. The second-order valence-corrected chi connectivity index (χ2v) is 2.90. The quantitative estimate of drug-likeness (QED) is 0.343. The van der Waals surface area contributed by atoms with Crippen LogP contribution in [0, 0.1) is 0 Å². The number of azide groups is 1. The van der Waals surface area contributed by atoms with Crippen molar-refractivity contribution in [3.8, 4) is 0 Å². The van der Waals surface area contributed by atoms with Crippen LogP contribution in [0.1, 0.15) is 27.2 Å². The molecule has 0 N–H and O–H groups in total. The van der Waals surface area contributed by atoms with Crippen LogP contribution in [0.4, 0.5) is 0 Å². The molecule has 0 amide bonds. The van der Waals surface area contributed by atoms with Crippen molar-refractivity contribution >= 4 is 0 Å². The second-order valence-electron chi connectivity index (χ2n) is 2.90. The van der Waals surface area contributed by atoms with Crippen LogP contribution >= 0.6 is 0 Å². The lowest BCUT2D eigenvalue weighted by atomic mass is 10.1. The first-order valence-corrected chi connectivity index (χ1v) is 3.77. The third-order valence-corrected chi connectivity index (χ3v) is 1.41. The van der Waals surface area contributed by atoms with Gasteiger partial charge >= 0.3 is 0 Å². The molecule has 0 aromatic carbocycles. The molecule has 0 unspecified atom stereocenters. The molecule has 0 aromatic heterocycles. The van der Waals surface area contributed by atoms with Crippen molar-refractivity contribution < 1.29 is 4.74 Å². The van der Waals surface area contributed by atoms with Crippen LogP contribution in [0.5, 0.6) is 0 Å². The van der Waals surface area contributed by atoms with Crippen LogP contribution in [-0.4, -0.2) is 18.8 Å². The van der Waals surface area contributed by atoms with E-state index in [0.717, 1.165) is 6.42 Å². The van der Waals surface area contributed by atoms with Gasteiger partial charge in [-0.25, -0.2) is 0 Å². The fourth-order valence-electron chi connectivity index (χ4n) is 0.827. The maximum Gasteiger partial charge on any atom is 0.0627 e. The van der Waals surface area contributed by atoms with Gasteiger partial charge < -0.3 is 4.74 Å². The number of hydrogen-bond donors (Lipinski definition) is 0. The molecule has 0 fully saturated rings. The first kappa shape index (κ1) is 10.3. The summed E-state index contributed by atoms with van der Waals surface area (Å²) in [6.45, 7) is 7.13. The van der Waals surface area contributed by atoms with Crippen molar-refractivity contribution in [2.24, 2.45) is 5.11 Å². The Labute approximate surface area is 67.2 Å². The van der Waals surface area contributed by atoms with E-state index < -0.39 is 0 Å². The predicted octanol–water partition coefficient (Wildman–Crippen LogP) is 2.50. The average molecular weight is 157 g/mol. The van der Waals surface area contributed by atoms with Crippen molar-refractivity contribution in [2.45, 2.75) is 32.8 Å². The van der Waals surface area contributed by atoms with Gasteiger partial charge in [0.05, 0.1) is 5.60 Å². The Morgan fingerprint density at radius 3 is 2.64 bits per heavy atom. The monoisotopic (exact) mass is 157 g/mol. The zero-order valence-electron chi connectivity index (χ0n) is 7.37. The first-order valence-electron chi connectivity index (χ1n) is 3.77. The third kappa shape index (κ3) is 5.70. The maximum atomic E-state index is 8.01. The van der Waals surface area contributed by atoms with Gasteiger partial charge in [0.15, 0.2) is 0 Å². The van der Waals surface area contributed by atoms with E-state index in [1.807, 2.05) is 20.8 Å². The summed E-state index contributed by atoms with van der Waals surface area (Å²) in [6, 6.07) is 0. The van der Waals surface area contributed by atoms with E-state index in [4.69, 9.17) is 10.3 Å². The van der Waals surface area contributed by atoms with E-state index >= 15 is 0 Å². The summed E-state index contributed by atoms with van der Waals surface area (Å²) in [5.41, 5.74) is 7.85. The summed E-state index contributed by atoms with van der Waals surface area (Å²) in [6.07, 6.45) is 0.769. The summed E-state index contributed by atoms with van der Waals surface area (Å²) in [5.74, 6) is 0. The molecule has 0 radical (unpaired) electrons. The van der Waals surface area contributed by atoms with Crippen molar-refractivity contribution in [1.82, 2.24) is 0 Å². The van der Waals surface area contributed by atoms with Crippen LogP contribution in [0.25, 0.3) is 10.4 Å². The highest BCUT2D eigenvalue weighted by atomic mass is 16.5. The lowest BCUT2D eigenvalue weighted by molar-refractivity contribution is -0.0141. The van der Waals surface area contributed by atoms with Crippen LogP contribution in [0.3, 0.4) is 0 Å². The standard InChI is InChI=1S/C7H15N3O/c1-4-11-7(2,3)5-6-9-10-8/h4-6H2,1-3H3. The van der Waals surface area contributed by atoms with Gasteiger partial charge in [0.1, 0.15) is 0 Å². The Hall–Kier alpha value is -0.730. The molecule has 0 heterocycles. The summed E-state index contributed by atoms with van der Waals surface area (Å²) in [5, 5.41) is 3.44. The minimum atomic E-state index is -0.164. The van der Waals surface area contributed by atoms with Crippen LogP contribution in [0.2, 0.25) is 0 Å². The maximum absolute atomic E-state index is 8.01. The summed E-state index contributed by atoms with van der Waals surface area (Å²) in [7, 11) is 0. The van der Waals surface area contributed by atoms with Gasteiger partial charge in [-0.2, -0.15) is 0 Å². The molecule has 4 heteroatoms. The zero-order valence-corrected chi connectivity index (χ0v) is 7.37. The first-order chi connectivity index (χ1) is 5.12. The summed E-state index contributed by atoms with van der Waals surface area (Å²) < 4.78 is 5.39. The van der Waals surface area contributed by atoms with Gasteiger partial charge in [0, 0.05) is 18.1 Å². The van der Waals surface area contributed by atoms with Crippen LogP contribution in [-0.2, 0) is 4.74 Å². The molecule has 0 bridgehead atoms. The lowest BCUT2D eigenvalue weighted by Crippen LogP contribution is -2.25. The zero-order chi connectivity index (χ0) is 8.74. The van der Waals surface area contributed by atoms with Crippen molar-refractivity contribution in [2.75, 3.05) is 13.2 Å². The molecule has 4 nitrogen and oxygen atoms in total. The van der Waals surface area contributed by atoms with Crippen LogP contribution < -0.4 is 0 Å². The molecule has 0 aliphatic heterocycles. The van der Waals surface area contributed by atoms with Gasteiger partial charge in [-0.1, -0.05) is 5.11 Å². The molecule has 0 atom stereocenters. The average Bonchev–Trinajstić information content (AvgIpc) is 1.87. The minimum Gasteiger partial charge on any atom is -0.376 e. The molecule has 0 aromatic rings. The highest BCUT2D eigenvalue weighted by Crippen LogP contribution is 2.13. The molecule has 64 valence electrons. The number of hydrogen-bond acceptors (Lipinski definition) is 2. The van der Waals surface area contributed by atoms with E-state index in [-0.39, 0.29) is 5.60 Å². The Morgan fingerprint density at radius 2 is 2.18 bits per heavy atom. The van der Waals surface area contributed by atoms with Gasteiger partial charge in [0.25, 0.3) is 0 Å². The van der Waals surface area contributed by atoms with Crippen molar-refractivity contribution in [3.63, 3.8) is 0 Å². The summed E-state index contributed by atoms with van der Waals surface area (Å²) in [4.78, 5) is 2.67. The largest absolute Gasteiger partial charge is 0.376 e. The Kier molecular flexibility index (Phi) is 4.66. The summed E-state index contributed by atoms with van der Waals surface area (Å²) >= 11 is 0. The Bertz CT molecular complexity index is 150. The SMILES string of the molecule is CCOC(C)(C)CCN=[N+]=[N-]. The molecule has 0 spiro atoms. The number of rotatable bonds is 5. The molecule has 0 saturated carbocycles. The molecule has 0 aliphatic carbocycles. The fourth-order valence-corrected chi connectivity index (χ4v) is 0.827. The highest BCUT2D eigenvalue weighted by molar-refractivity contribution is 4.69. The molecular weight excluding hydrogens is 142 g/mol. The smallest absolute Gasteiger partial charge is 0.0627 e. The van der Waals surface area contributed by atoms with Crippen molar-refractivity contribution in [3.05, 3.63) is 10.4 Å². The van der Waals surface area contributed by atoms with E-state index in [1.165, 1.54) is 0 Å². The molecule has 11 heavy (non-hydrogen) atoms. The van der Waals surface area contributed by atoms with E-state index in [1.54, 1.807) is 0 Å². The fraction of sp³-hybridized carbons (Fsp3) is 1.00. The predicted molar refractivity (Wildman–Crippen MR) is 44.3 cm³/mol. The van der Waals surface area contributed by atoms with E-state index in [0.29, 0.717) is 13.2 Å². The Balaban J connectivity index is 3.62. The third-order valence-electron chi connectivity index (χ3n) is 1.41. The topological polar surface area (TPSA) is 58.0 Å². The van der Waals surface area contributed by atoms with E-state index in [2.05, 4.69) is 10.0 Å². The molecular formula is C7H15N3O.